The molecule has 1 heterocycles. The maximum Gasteiger partial charge on any atom is 0.0915 e. The number of piperidine rings is 1. The third kappa shape index (κ3) is 4.83. The zero-order valence-corrected chi connectivity index (χ0v) is 14.2. The number of nitrogens with zero attached hydrogens (tertiary/aromatic N) is 1. The van der Waals surface area contributed by atoms with E-state index in [-0.39, 0.29) is 0 Å². The Kier molecular flexibility index (Phi) is 6.33. The van der Waals surface area contributed by atoms with E-state index in [1.165, 1.54) is 0 Å². The van der Waals surface area contributed by atoms with Gasteiger partial charge in [-0.25, -0.2) is 0 Å². The van der Waals surface area contributed by atoms with Gasteiger partial charge in [0.2, 0.25) is 0 Å². The molecule has 0 bridgehead atoms. The molecule has 3 nitrogen and oxygen atoms in total. The predicted molar refractivity (Wildman–Crippen MR) is 89.1 cm³/mol. The molecule has 1 aromatic rings. The lowest BCUT2D eigenvalue weighted by molar-refractivity contribution is 0.127. The fraction of sp³-hybridized carbons (Fsp3) is 0.625. The second kappa shape index (κ2) is 7.80. The number of benzene rings is 1. The van der Waals surface area contributed by atoms with Crippen LogP contribution in [-0.2, 0) is 0 Å². The van der Waals surface area contributed by atoms with Crippen molar-refractivity contribution in [3.8, 4) is 0 Å². The number of aliphatic hydroxyl groups excluding tert-OH is 1. The zero-order chi connectivity index (χ0) is 15.4. The first-order valence-electron chi connectivity index (χ1n) is 7.59. The molecule has 21 heavy (non-hydrogen) atoms. The van der Waals surface area contributed by atoms with Crippen LogP contribution in [0.1, 0.15) is 31.9 Å². The summed E-state index contributed by atoms with van der Waals surface area (Å²) in [5.41, 5.74) is 0.763. The van der Waals surface area contributed by atoms with Crippen LogP contribution in [-0.4, -0.2) is 42.2 Å². The lowest BCUT2D eigenvalue weighted by atomic mass is 9.93. The van der Waals surface area contributed by atoms with Crippen LogP contribution in [0.25, 0.3) is 0 Å². The predicted octanol–water partition coefficient (Wildman–Crippen LogP) is 3.35. The maximum absolute atomic E-state index is 10.3. The van der Waals surface area contributed by atoms with E-state index < -0.39 is 6.10 Å². The quantitative estimate of drug-likeness (QED) is 0.869. The summed E-state index contributed by atoms with van der Waals surface area (Å²) in [6.07, 6.45) is 0.537. The van der Waals surface area contributed by atoms with Crippen LogP contribution in [0.2, 0.25) is 10.0 Å². The summed E-state index contributed by atoms with van der Waals surface area (Å²) in [5, 5.41) is 14.9. The Hall–Kier alpha value is -0.320. The second-order valence-corrected chi connectivity index (χ2v) is 6.77. The number of nitrogens with one attached hydrogen (secondary N) is 1. The van der Waals surface area contributed by atoms with E-state index >= 15 is 0 Å². The summed E-state index contributed by atoms with van der Waals surface area (Å²) >= 11 is 12.0. The zero-order valence-electron chi connectivity index (χ0n) is 12.6. The Morgan fingerprint density at radius 3 is 2.57 bits per heavy atom. The molecule has 5 heteroatoms. The molecule has 0 aromatic heterocycles. The van der Waals surface area contributed by atoms with Gasteiger partial charge in [-0.1, -0.05) is 37.0 Å². The largest absolute Gasteiger partial charge is 0.387 e. The average molecular weight is 331 g/mol. The fourth-order valence-electron chi connectivity index (χ4n) is 2.97. The van der Waals surface area contributed by atoms with E-state index in [0.29, 0.717) is 28.5 Å². The summed E-state index contributed by atoms with van der Waals surface area (Å²) in [4.78, 5) is 2.47. The summed E-state index contributed by atoms with van der Waals surface area (Å²) in [6, 6.07) is 5.67. The highest BCUT2D eigenvalue weighted by molar-refractivity contribution is 6.34. The van der Waals surface area contributed by atoms with E-state index in [9.17, 15) is 5.11 Å². The van der Waals surface area contributed by atoms with Crippen LogP contribution in [0.4, 0.5) is 0 Å². The van der Waals surface area contributed by atoms with Crippen molar-refractivity contribution in [1.29, 1.82) is 0 Å². The van der Waals surface area contributed by atoms with Gasteiger partial charge in [0, 0.05) is 29.2 Å². The molecule has 0 aliphatic carbocycles. The van der Waals surface area contributed by atoms with Gasteiger partial charge in [-0.15, -0.1) is 0 Å². The van der Waals surface area contributed by atoms with Crippen molar-refractivity contribution >= 4 is 23.2 Å². The Bertz CT molecular complexity index is 449. The van der Waals surface area contributed by atoms with Crippen molar-refractivity contribution in [2.45, 2.75) is 32.4 Å². The van der Waals surface area contributed by atoms with E-state index in [2.05, 4.69) is 24.1 Å². The Morgan fingerprint density at radius 1 is 1.33 bits per heavy atom. The molecule has 1 aliphatic heterocycles. The summed E-state index contributed by atoms with van der Waals surface area (Å²) in [5.74, 6) is 0.592. The fourth-order valence-corrected chi connectivity index (χ4v) is 3.51. The van der Waals surface area contributed by atoms with Gasteiger partial charge >= 0.3 is 0 Å². The number of rotatable bonds is 5. The average Bonchev–Trinajstić information content (AvgIpc) is 2.44. The Labute approximate surface area is 137 Å². The van der Waals surface area contributed by atoms with Gasteiger partial charge in [0.05, 0.1) is 6.10 Å². The van der Waals surface area contributed by atoms with Crippen LogP contribution < -0.4 is 5.32 Å². The van der Waals surface area contributed by atoms with Gasteiger partial charge in [0.1, 0.15) is 0 Å². The van der Waals surface area contributed by atoms with Gasteiger partial charge in [-0.05, 0) is 49.2 Å². The second-order valence-electron chi connectivity index (χ2n) is 5.89. The molecule has 1 aliphatic rings. The van der Waals surface area contributed by atoms with Gasteiger partial charge in [-0.3, -0.25) is 0 Å². The Morgan fingerprint density at radius 2 is 2.00 bits per heavy atom. The van der Waals surface area contributed by atoms with Crippen LogP contribution in [0, 0.1) is 5.92 Å². The smallest absolute Gasteiger partial charge is 0.0915 e. The van der Waals surface area contributed by atoms with E-state index in [1.807, 2.05) is 0 Å². The number of hydrogen-bond donors (Lipinski definition) is 2. The number of halogens is 2. The van der Waals surface area contributed by atoms with E-state index in [1.54, 1.807) is 18.2 Å². The van der Waals surface area contributed by atoms with Gasteiger partial charge < -0.3 is 15.3 Å². The molecule has 2 N–H and O–H groups in total. The minimum absolute atomic E-state index is 0.456. The summed E-state index contributed by atoms with van der Waals surface area (Å²) in [7, 11) is 0. The first kappa shape index (κ1) is 17.0. The number of aliphatic hydroxyl groups is 1. The van der Waals surface area contributed by atoms with Crippen molar-refractivity contribution in [1.82, 2.24) is 10.2 Å². The number of likely N-dealkylation sites (tertiary alicyclic amines) is 1. The van der Waals surface area contributed by atoms with Crippen LogP contribution >= 0.6 is 23.2 Å². The van der Waals surface area contributed by atoms with Gasteiger partial charge in [-0.2, -0.15) is 0 Å². The molecule has 0 saturated carbocycles. The SMILES string of the molecule is CCN1CCC(NCC(O)c2cc(Cl)cc(Cl)c2)C(C)C1. The Balaban J connectivity index is 1.87. The van der Waals surface area contributed by atoms with E-state index in [4.69, 9.17) is 23.2 Å². The maximum atomic E-state index is 10.3. The molecular formula is C16H24Cl2N2O. The van der Waals surface area contributed by atoms with Gasteiger partial charge in [0.25, 0.3) is 0 Å². The van der Waals surface area contributed by atoms with Crippen LogP contribution in [0.3, 0.4) is 0 Å². The minimum Gasteiger partial charge on any atom is -0.387 e. The molecule has 0 spiro atoms. The molecule has 0 amide bonds. The normalized spacial score (nSPS) is 25.0. The highest BCUT2D eigenvalue weighted by Gasteiger charge is 2.25. The molecule has 1 saturated heterocycles. The first-order valence-corrected chi connectivity index (χ1v) is 8.35. The van der Waals surface area contributed by atoms with Crippen molar-refractivity contribution in [2.75, 3.05) is 26.2 Å². The van der Waals surface area contributed by atoms with Crippen LogP contribution in [0.15, 0.2) is 18.2 Å². The monoisotopic (exact) mass is 330 g/mol. The summed E-state index contributed by atoms with van der Waals surface area (Å²) < 4.78 is 0. The molecule has 1 aromatic carbocycles. The number of hydrogen-bond acceptors (Lipinski definition) is 3. The molecule has 1 fully saturated rings. The lowest BCUT2D eigenvalue weighted by Gasteiger charge is -2.37. The minimum atomic E-state index is -0.586. The van der Waals surface area contributed by atoms with Crippen molar-refractivity contribution < 1.29 is 5.11 Å². The molecule has 3 atom stereocenters. The molecule has 118 valence electrons. The molecule has 2 rings (SSSR count). The topological polar surface area (TPSA) is 35.5 Å². The van der Waals surface area contributed by atoms with Crippen molar-refractivity contribution in [3.63, 3.8) is 0 Å². The van der Waals surface area contributed by atoms with E-state index in [0.717, 1.165) is 31.6 Å². The lowest BCUT2D eigenvalue weighted by Crippen LogP contribution is -2.49. The molecular weight excluding hydrogens is 307 g/mol. The molecule has 3 unspecified atom stereocenters. The third-order valence-electron chi connectivity index (χ3n) is 4.28. The summed E-state index contributed by atoms with van der Waals surface area (Å²) in [6.45, 7) is 8.35. The highest BCUT2D eigenvalue weighted by Crippen LogP contribution is 2.24. The highest BCUT2D eigenvalue weighted by atomic mass is 35.5. The first-order chi connectivity index (χ1) is 9.99. The molecule has 0 radical (unpaired) electrons. The van der Waals surface area contributed by atoms with Crippen molar-refractivity contribution in [3.05, 3.63) is 33.8 Å². The van der Waals surface area contributed by atoms with Crippen LogP contribution in [0.5, 0.6) is 0 Å². The van der Waals surface area contributed by atoms with Crippen molar-refractivity contribution in [2.24, 2.45) is 5.92 Å². The third-order valence-corrected chi connectivity index (χ3v) is 4.72. The standard InChI is InChI=1S/C16H24Cl2N2O/c1-3-20-5-4-15(11(2)10-20)19-9-16(21)12-6-13(17)8-14(18)7-12/h6-8,11,15-16,19,21H,3-5,9-10H2,1-2H3. The van der Waals surface area contributed by atoms with Gasteiger partial charge in [0.15, 0.2) is 0 Å².